The maximum Gasteiger partial charge on any atom is 0.338 e. The lowest BCUT2D eigenvalue weighted by atomic mass is 9.98. The van der Waals surface area contributed by atoms with Crippen LogP contribution in [0.5, 0.6) is 0 Å². The van der Waals surface area contributed by atoms with Crippen molar-refractivity contribution < 1.29 is 23.1 Å². The Labute approximate surface area is 207 Å². The van der Waals surface area contributed by atoms with E-state index in [-0.39, 0.29) is 34.2 Å². The Hall–Kier alpha value is -4.37. The van der Waals surface area contributed by atoms with Gasteiger partial charge in [0.1, 0.15) is 17.4 Å². The van der Waals surface area contributed by atoms with E-state index >= 15 is 4.39 Å². The number of benzene rings is 3. The van der Waals surface area contributed by atoms with E-state index in [2.05, 4.69) is 4.98 Å². The second-order valence-corrected chi connectivity index (χ2v) is 9.18. The normalized spacial score (nSPS) is 15.0. The fourth-order valence-corrected chi connectivity index (χ4v) is 5.50. The van der Waals surface area contributed by atoms with E-state index in [1.165, 1.54) is 17.0 Å². The minimum Gasteiger partial charge on any atom is -0.462 e. The van der Waals surface area contributed by atoms with Gasteiger partial charge in [0.05, 0.1) is 33.3 Å². The molecule has 1 unspecified atom stereocenters. The minimum absolute atomic E-state index is 0.0651. The van der Waals surface area contributed by atoms with Gasteiger partial charge in [-0.2, -0.15) is 0 Å². The fraction of sp³-hybridized carbons (Fsp3) is 0.111. The number of carbonyl (C=O) groups excluding carboxylic acids is 2. The first-order chi connectivity index (χ1) is 17.5. The molecule has 0 saturated heterocycles. The second-order valence-electron chi connectivity index (χ2n) is 8.17. The van der Waals surface area contributed by atoms with Gasteiger partial charge in [-0.05, 0) is 43.3 Å². The van der Waals surface area contributed by atoms with Gasteiger partial charge in [-0.3, -0.25) is 14.5 Å². The highest BCUT2D eigenvalue weighted by Gasteiger charge is 2.45. The summed E-state index contributed by atoms with van der Waals surface area (Å²) in [7, 11) is 0. The third kappa shape index (κ3) is 3.31. The van der Waals surface area contributed by atoms with Crippen molar-refractivity contribution in [3.05, 3.63) is 105 Å². The summed E-state index contributed by atoms with van der Waals surface area (Å²) < 4.78 is 26.7. The molecule has 1 aliphatic rings. The summed E-state index contributed by atoms with van der Waals surface area (Å²) in [5.41, 5.74) is 0.982. The number of esters is 1. The first kappa shape index (κ1) is 22.1. The Morgan fingerprint density at radius 2 is 1.89 bits per heavy atom. The van der Waals surface area contributed by atoms with Crippen LogP contribution in [0.25, 0.3) is 21.2 Å². The third-order valence-corrected chi connectivity index (χ3v) is 7.09. The largest absolute Gasteiger partial charge is 0.462 e. The Morgan fingerprint density at radius 3 is 2.69 bits per heavy atom. The molecule has 1 amide bonds. The number of rotatable bonds is 4. The molecule has 178 valence electrons. The number of amides is 1. The molecular weight excluding hydrogens is 483 g/mol. The standard InChI is InChI=1S/C27H17FN2O5S/c1-2-34-26(33)14-11-12-18-20(13-14)36-27(29-18)30-22(15-7-3-5-9-17(15)28)21-23(31)16-8-4-6-10-19(16)35-24(21)25(30)32/h3-13,22H,2H2,1H3. The van der Waals surface area contributed by atoms with E-state index in [0.29, 0.717) is 21.2 Å². The van der Waals surface area contributed by atoms with Crippen LogP contribution in [0.1, 0.15) is 45.0 Å². The number of carbonyl (C=O) groups is 2. The molecule has 0 saturated carbocycles. The zero-order valence-corrected chi connectivity index (χ0v) is 19.7. The summed E-state index contributed by atoms with van der Waals surface area (Å²) in [4.78, 5) is 45.3. The molecule has 3 aromatic carbocycles. The Kier molecular flexibility index (Phi) is 5.15. The average molecular weight is 501 g/mol. The Bertz CT molecular complexity index is 1760. The summed E-state index contributed by atoms with van der Waals surface area (Å²) in [5.74, 6) is -1.76. The molecule has 0 fully saturated rings. The lowest BCUT2D eigenvalue weighted by Crippen LogP contribution is -2.30. The van der Waals surface area contributed by atoms with E-state index in [1.807, 2.05) is 0 Å². The predicted molar refractivity (Wildman–Crippen MR) is 133 cm³/mol. The molecule has 0 spiro atoms. The molecule has 0 N–H and O–H groups in total. The van der Waals surface area contributed by atoms with Gasteiger partial charge in [-0.15, -0.1) is 0 Å². The zero-order valence-electron chi connectivity index (χ0n) is 18.9. The number of hydrogen-bond donors (Lipinski definition) is 0. The van der Waals surface area contributed by atoms with Crippen molar-refractivity contribution in [1.29, 1.82) is 0 Å². The van der Waals surface area contributed by atoms with E-state index in [4.69, 9.17) is 9.15 Å². The van der Waals surface area contributed by atoms with Crippen molar-refractivity contribution in [1.82, 2.24) is 4.98 Å². The molecule has 2 aromatic heterocycles. The molecule has 0 aliphatic carbocycles. The number of fused-ring (bicyclic) bond motifs is 3. The highest BCUT2D eigenvalue weighted by atomic mass is 32.1. The summed E-state index contributed by atoms with van der Waals surface area (Å²) >= 11 is 1.15. The Morgan fingerprint density at radius 1 is 1.11 bits per heavy atom. The highest BCUT2D eigenvalue weighted by Crippen LogP contribution is 2.44. The molecule has 1 atom stereocenters. The van der Waals surface area contributed by atoms with Crippen LogP contribution < -0.4 is 10.3 Å². The van der Waals surface area contributed by atoms with Gasteiger partial charge in [0.25, 0.3) is 5.91 Å². The van der Waals surface area contributed by atoms with Crippen molar-refractivity contribution in [3.8, 4) is 0 Å². The van der Waals surface area contributed by atoms with Gasteiger partial charge >= 0.3 is 5.97 Å². The number of thiazole rings is 1. The van der Waals surface area contributed by atoms with Crippen LogP contribution in [-0.4, -0.2) is 23.5 Å². The summed E-state index contributed by atoms with van der Waals surface area (Å²) in [6.45, 7) is 1.96. The fourth-order valence-electron chi connectivity index (χ4n) is 4.46. The molecule has 5 aromatic rings. The quantitative estimate of drug-likeness (QED) is 0.304. The zero-order chi connectivity index (χ0) is 25.0. The predicted octanol–water partition coefficient (Wildman–Crippen LogP) is 5.47. The molecular formula is C27H17FN2O5S. The molecule has 36 heavy (non-hydrogen) atoms. The summed E-state index contributed by atoms with van der Waals surface area (Å²) in [5, 5.41) is 0.551. The number of aromatic nitrogens is 1. The highest BCUT2D eigenvalue weighted by molar-refractivity contribution is 7.22. The number of para-hydroxylation sites is 1. The number of halogens is 1. The van der Waals surface area contributed by atoms with E-state index in [1.54, 1.807) is 61.5 Å². The molecule has 6 rings (SSSR count). The van der Waals surface area contributed by atoms with Crippen LogP contribution in [0.15, 0.2) is 75.9 Å². The van der Waals surface area contributed by atoms with Crippen LogP contribution in [0, 0.1) is 5.82 Å². The van der Waals surface area contributed by atoms with Crippen LogP contribution in [0.4, 0.5) is 9.52 Å². The van der Waals surface area contributed by atoms with Crippen molar-refractivity contribution in [2.75, 3.05) is 11.5 Å². The van der Waals surface area contributed by atoms with Crippen LogP contribution >= 0.6 is 11.3 Å². The number of anilines is 1. The van der Waals surface area contributed by atoms with Gasteiger partial charge in [-0.1, -0.05) is 41.7 Å². The lowest BCUT2D eigenvalue weighted by molar-refractivity contribution is 0.0526. The maximum atomic E-state index is 15.1. The SMILES string of the molecule is CCOC(=O)c1ccc2nc(N3C(=O)c4oc5ccccc5c(=O)c4C3c3ccccc3F)sc2c1. The second kappa shape index (κ2) is 8.39. The molecule has 9 heteroatoms. The van der Waals surface area contributed by atoms with Gasteiger partial charge in [0, 0.05) is 5.56 Å². The first-order valence-corrected chi connectivity index (χ1v) is 12.0. The smallest absolute Gasteiger partial charge is 0.338 e. The van der Waals surface area contributed by atoms with E-state index in [0.717, 1.165) is 11.3 Å². The van der Waals surface area contributed by atoms with Crippen LogP contribution in [-0.2, 0) is 4.74 Å². The summed E-state index contributed by atoms with van der Waals surface area (Å²) in [6.07, 6.45) is 0. The minimum atomic E-state index is -1.07. The molecule has 0 bridgehead atoms. The van der Waals surface area contributed by atoms with E-state index < -0.39 is 29.2 Å². The van der Waals surface area contributed by atoms with Gasteiger partial charge < -0.3 is 9.15 Å². The average Bonchev–Trinajstić information content (AvgIpc) is 3.43. The van der Waals surface area contributed by atoms with Crippen molar-refractivity contribution in [2.45, 2.75) is 13.0 Å². The first-order valence-electron chi connectivity index (χ1n) is 11.2. The van der Waals surface area contributed by atoms with Crippen LogP contribution in [0.2, 0.25) is 0 Å². The topological polar surface area (TPSA) is 89.7 Å². The van der Waals surface area contributed by atoms with E-state index in [9.17, 15) is 14.4 Å². The molecule has 7 nitrogen and oxygen atoms in total. The van der Waals surface area contributed by atoms with Gasteiger partial charge in [-0.25, -0.2) is 14.2 Å². The molecule has 0 radical (unpaired) electrons. The van der Waals surface area contributed by atoms with Gasteiger partial charge in [0.15, 0.2) is 10.6 Å². The van der Waals surface area contributed by atoms with Crippen molar-refractivity contribution >= 4 is 49.5 Å². The van der Waals surface area contributed by atoms with Crippen molar-refractivity contribution in [2.24, 2.45) is 0 Å². The summed E-state index contributed by atoms with van der Waals surface area (Å²) in [6, 6.07) is 16.5. The third-order valence-electron chi connectivity index (χ3n) is 6.07. The monoisotopic (exact) mass is 500 g/mol. The molecule has 1 aliphatic heterocycles. The van der Waals surface area contributed by atoms with Gasteiger partial charge in [0.2, 0.25) is 5.76 Å². The number of ether oxygens (including phenoxy) is 1. The van der Waals surface area contributed by atoms with Crippen molar-refractivity contribution in [3.63, 3.8) is 0 Å². The lowest BCUT2D eigenvalue weighted by Gasteiger charge is -2.22. The molecule has 3 heterocycles. The van der Waals surface area contributed by atoms with Crippen LogP contribution in [0.3, 0.4) is 0 Å². The Balaban J connectivity index is 1.57. The number of nitrogens with zero attached hydrogens (tertiary/aromatic N) is 2. The number of hydrogen-bond acceptors (Lipinski definition) is 7. The maximum absolute atomic E-state index is 15.1.